The molecule has 120 valence electrons. The zero-order chi connectivity index (χ0) is 16.3. The SMILES string of the molecule is O=C(NC1(C(=O)O)CCSCC1)c1cccc(-n2cccc2)c1. The lowest BCUT2D eigenvalue weighted by Crippen LogP contribution is -2.56. The molecule has 0 radical (unpaired) electrons. The number of carbonyl (C=O) groups excluding carboxylic acids is 1. The number of nitrogens with zero attached hydrogens (tertiary/aromatic N) is 1. The van der Waals surface area contributed by atoms with Gasteiger partial charge in [-0.05, 0) is 54.7 Å². The number of hydrogen-bond donors (Lipinski definition) is 2. The van der Waals surface area contributed by atoms with Gasteiger partial charge >= 0.3 is 5.97 Å². The second kappa shape index (κ2) is 6.50. The summed E-state index contributed by atoms with van der Waals surface area (Å²) in [6.07, 6.45) is 4.70. The summed E-state index contributed by atoms with van der Waals surface area (Å²) < 4.78 is 1.90. The predicted octanol–water partition coefficient (Wildman–Crippen LogP) is 2.56. The molecule has 1 aromatic heterocycles. The molecule has 0 spiro atoms. The first kappa shape index (κ1) is 15.7. The number of rotatable bonds is 4. The number of thioether (sulfide) groups is 1. The fraction of sp³-hybridized carbons (Fsp3) is 0.294. The minimum atomic E-state index is -1.15. The molecule has 0 bridgehead atoms. The van der Waals surface area contributed by atoms with E-state index in [0.717, 1.165) is 17.2 Å². The second-order valence-corrected chi connectivity index (χ2v) is 6.82. The molecule has 1 fully saturated rings. The van der Waals surface area contributed by atoms with Gasteiger partial charge in [0.15, 0.2) is 0 Å². The van der Waals surface area contributed by atoms with E-state index in [1.165, 1.54) is 0 Å². The molecule has 1 aliphatic heterocycles. The highest BCUT2D eigenvalue weighted by Crippen LogP contribution is 2.28. The van der Waals surface area contributed by atoms with Crippen molar-refractivity contribution in [1.29, 1.82) is 0 Å². The molecule has 6 heteroatoms. The molecule has 2 heterocycles. The molecule has 1 amide bonds. The fourth-order valence-electron chi connectivity index (χ4n) is 2.72. The first-order chi connectivity index (χ1) is 11.1. The highest BCUT2D eigenvalue weighted by Gasteiger charge is 2.41. The topological polar surface area (TPSA) is 71.3 Å². The highest BCUT2D eigenvalue weighted by molar-refractivity contribution is 7.99. The van der Waals surface area contributed by atoms with Crippen LogP contribution in [0.1, 0.15) is 23.2 Å². The summed E-state index contributed by atoms with van der Waals surface area (Å²) in [4.78, 5) is 24.2. The van der Waals surface area contributed by atoms with Crippen molar-refractivity contribution in [2.24, 2.45) is 0 Å². The number of carboxylic acid groups (broad SMARTS) is 1. The van der Waals surface area contributed by atoms with Crippen LogP contribution in [0.2, 0.25) is 0 Å². The van der Waals surface area contributed by atoms with E-state index in [1.807, 2.05) is 35.2 Å². The monoisotopic (exact) mass is 330 g/mol. The smallest absolute Gasteiger partial charge is 0.329 e. The summed E-state index contributed by atoms with van der Waals surface area (Å²) in [7, 11) is 0. The Morgan fingerprint density at radius 1 is 1.13 bits per heavy atom. The number of benzene rings is 1. The van der Waals surface area contributed by atoms with Gasteiger partial charge in [-0.2, -0.15) is 11.8 Å². The van der Waals surface area contributed by atoms with Gasteiger partial charge in [0, 0.05) is 23.6 Å². The highest BCUT2D eigenvalue weighted by atomic mass is 32.2. The van der Waals surface area contributed by atoms with Crippen molar-refractivity contribution in [3.05, 3.63) is 54.4 Å². The molecular weight excluding hydrogens is 312 g/mol. The van der Waals surface area contributed by atoms with Crippen molar-refractivity contribution in [2.75, 3.05) is 11.5 Å². The number of aliphatic carboxylic acids is 1. The first-order valence-corrected chi connectivity index (χ1v) is 8.63. The van der Waals surface area contributed by atoms with Crippen molar-refractivity contribution in [1.82, 2.24) is 9.88 Å². The Balaban J connectivity index is 1.83. The molecule has 2 N–H and O–H groups in total. The van der Waals surface area contributed by atoms with E-state index in [4.69, 9.17) is 0 Å². The van der Waals surface area contributed by atoms with E-state index in [1.54, 1.807) is 30.0 Å². The number of aromatic nitrogens is 1. The summed E-state index contributed by atoms with van der Waals surface area (Å²) in [5, 5.41) is 12.3. The van der Waals surface area contributed by atoms with Crippen LogP contribution in [0, 0.1) is 0 Å². The largest absolute Gasteiger partial charge is 0.480 e. The number of amides is 1. The second-order valence-electron chi connectivity index (χ2n) is 5.59. The van der Waals surface area contributed by atoms with Gasteiger partial charge in [0.1, 0.15) is 5.54 Å². The van der Waals surface area contributed by atoms with Gasteiger partial charge in [-0.15, -0.1) is 0 Å². The lowest BCUT2D eigenvalue weighted by molar-refractivity contribution is -0.144. The predicted molar refractivity (Wildman–Crippen MR) is 90.2 cm³/mol. The third kappa shape index (κ3) is 3.27. The van der Waals surface area contributed by atoms with E-state index in [2.05, 4.69) is 5.32 Å². The van der Waals surface area contributed by atoms with E-state index in [-0.39, 0.29) is 5.91 Å². The number of hydrogen-bond acceptors (Lipinski definition) is 3. The lowest BCUT2D eigenvalue weighted by atomic mass is 9.92. The molecule has 23 heavy (non-hydrogen) atoms. The zero-order valence-electron chi connectivity index (χ0n) is 12.6. The Hall–Kier alpha value is -2.21. The molecule has 1 aromatic carbocycles. The average molecular weight is 330 g/mol. The molecule has 0 saturated carbocycles. The Kier molecular flexibility index (Phi) is 4.43. The number of carboxylic acids is 1. The molecule has 0 unspecified atom stereocenters. The van der Waals surface area contributed by atoms with Crippen molar-refractivity contribution >= 4 is 23.6 Å². The summed E-state index contributed by atoms with van der Waals surface area (Å²) >= 11 is 1.72. The van der Waals surface area contributed by atoms with Crippen LogP contribution in [-0.4, -0.2) is 38.6 Å². The van der Waals surface area contributed by atoms with Gasteiger partial charge in [-0.3, -0.25) is 4.79 Å². The van der Waals surface area contributed by atoms with Crippen LogP contribution < -0.4 is 5.32 Å². The maximum atomic E-state index is 12.6. The third-order valence-corrected chi connectivity index (χ3v) is 5.11. The number of nitrogens with one attached hydrogen (secondary N) is 1. The van der Waals surface area contributed by atoms with Crippen molar-refractivity contribution in [3.63, 3.8) is 0 Å². The molecule has 0 atom stereocenters. The third-order valence-electron chi connectivity index (χ3n) is 4.12. The molecule has 3 rings (SSSR count). The van der Waals surface area contributed by atoms with Gasteiger partial charge in [0.2, 0.25) is 0 Å². The lowest BCUT2D eigenvalue weighted by Gasteiger charge is -2.33. The van der Waals surface area contributed by atoms with Crippen molar-refractivity contribution in [3.8, 4) is 5.69 Å². The Morgan fingerprint density at radius 3 is 2.48 bits per heavy atom. The van der Waals surface area contributed by atoms with Crippen LogP contribution in [0.3, 0.4) is 0 Å². The minimum absolute atomic E-state index is 0.340. The Labute approximate surface area is 138 Å². The summed E-state index contributed by atoms with van der Waals surface area (Å²) in [6, 6.07) is 11.0. The summed E-state index contributed by atoms with van der Waals surface area (Å²) in [5.41, 5.74) is 0.187. The first-order valence-electron chi connectivity index (χ1n) is 7.48. The van der Waals surface area contributed by atoms with Gasteiger partial charge in [-0.1, -0.05) is 6.07 Å². The van der Waals surface area contributed by atoms with Crippen LogP contribution >= 0.6 is 11.8 Å². The Bertz CT molecular complexity index is 706. The molecule has 1 saturated heterocycles. The molecule has 5 nitrogen and oxygen atoms in total. The molecule has 0 aliphatic carbocycles. The summed E-state index contributed by atoms with van der Waals surface area (Å²) in [5.74, 6) is 0.201. The van der Waals surface area contributed by atoms with Crippen LogP contribution in [0.5, 0.6) is 0 Å². The van der Waals surface area contributed by atoms with E-state index >= 15 is 0 Å². The van der Waals surface area contributed by atoms with Crippen molar-refractivity contribution in [2.45, 2.75) is 18.4 Å². The molecule has 2 aromatic rings. The van der Waals surface area contributed by atoms with Gasteiger partial charge < -0.3 is 15.0 Å². The minimum Gasteiger partial charge on any atom is -0.480 e. The fourth-order valence-corrected chi connectivity index (χ4v) is 3.91. The van der Waals surface area contributed by atoms with Gasteiger partial charge in [0.05, 0.1) is 0 Å². The normalized spacial score (nSPS) is 16.7. The summed E-state index contributed by atoms with van der Waals surface area (Å²) in [6.45, 7) is 0. The Morgan fingerprint density at radius 2 is 1.83 bits per heavy atom. The van der Waals surface area contributed by atoms with Crippen molar-refractivity contribution < 1.29 is 14.7 Å². The average Bonchev–Trinajstić information content (AvgIpc) is 3.10. The maximum absolute atomic E-state index is 12.6. The van der Waals surface area contributed by atoms with E-state index < -0.39 is 11.5 Å². The maximum Gasteiger partial charge on any atom is 0.329 e. The van der Waals surface area contributed by atoms with Gasteiger partial charge in [-0.25, -0.2) is 4.79 Å². The standard InChI is InChI=1S/C17H18N2O3S/c20-15(18-17(16(21)22)6-10-23-11-7-17)13-4-3-5-14(12-13)19-8-1-2-9-19/h1-5,8-9,12H,6-7,10-11H2,(H,18,20)(H,21,22). The van der Waals surface area contributed by atoms with Gasteiger partial charge in [0.25, 0.3) is 5.91 Å². The van der Waals surface area contributed by atoms with Crippen LogP contribution in [0.15, 0.2) is 48.8 Å². The molecule has 1 aliphatic rings. The van der Waals surface area contributed by atoms with Crippen LogP contribution in [0.25, 0.3) is 5.69 Å². The van der Waals surface area contributed by atoms with E-state index in [9.17, 15) is 14.7 Å². The van der Waals surface area contributed by atoms with Crippen LogP contribution in [0.4, 0.5) is 0 Å². The quantitative estimate of drug-likeness (QED) is 0.904. The van der Waals surface area contributed by atoms with Crippen LogP contribution in [-0.2, 0) is 4.79 Å². The zero-order valence-corrected chi connectivity index (χ0v) is 13.4. The number of carbonyl (C=O) groups is 2. The molecular formula is C17H18N2O3S. The van der Waals surface area contributed by atoms with E-state index in [0.29, 0.717) is 18.4 Å².